The van der Waals surface area contributed by atoms with Crippen LogP contribution in [0.2, 0.25) is 0 Å². The number of rotatable bonds is 5. The van der Waals surface area contributed by atoms with Gasteiger partial charge in [0.2, 0.25) is 0 Å². The SMILES string of the molecule is C=C(Nc1nc(C(=O)OC)c(-c2cc(Br)ccc2C)s1)c1c(F)cccc1F. The van der Waals surface area contributed by atoms with Crippen LogP contribution < -0.4 is 5.32 Å². The molecule has 28 heavy (non-hydrogen) atoms. The Kier molecular flexibility index (Phi) is 5.90. The Morgan fingerprint density at radius 2 is 1.93 bits per heavy atom. The van der Waals surface area contributed by atoms with E-state index in [1.165, 1.54) is 13.2 Å². The molecule has 0 fully saturated rings. The summed E-state index contributed by atoms with van der Waals surface area (Å²) in [5.74, 6) is -2.10. The third kappa shape index (κ3) is 3.98. The fourth-order valence-electron chi connectivity index (χ4n) is 2.61. The lowest BCUT2D eigenvalue weighted by atomic mass is 10.1. The van der Waals surface area contributed by atoms with Crippen molar-refractivity contribution in [2.24, 2.45) is 0 Å². The summed E-state index contributed by atoms with van der Waals surface area (Å²) in [4.78, 5) is 17.1. The van der Waals surface area contributed by atoms with Crippen LogP contribution in [0.25, 0.3) is 16.1 Å². The second-order valence-corrected chi connectivity index (χ2v) is 7.76. The maximum absolute atomic E-state index is 14.0. The lowest BCUT2D eigenvalue weighted by Crippen LogP contribution is -2.05. The van der Waals surface area contributed by atoms with Crippen molar-refractivity contribution < 1.29 is 18.3 Å². The first kappa shape index (κ1) is 20.2. The zero-order chi connectivity index (χ0) is 20.4. The van der Waals surface area contributed by atoms with Crippen LogP contribution in [-0.2, 0) is 4.74 Å². The summed E-state index contributed by atoms with van der Waals surface area (Å²) in [6, 6.07) is 9.21. The van der Waals surface area contributed by atoms with Crippen molar-refractivity contribution in [3.8, 4) is 10.4 Å². The number of nitrogens with zero attached hydrogens (tertiary/aromatic N) is 1. The number of thiazole rings is 1. The van der Waals surface area contributed by atoms with E-state index in [2.05, 4.69) is 32.8 Å². The predicted octanol–water partition coefficient (Wildman–Crippen LogP) is 6.03. The van der Waals surface area contributed by atoms with E-state index in [1.54, 1.807) is 0 Å². The molecule has 8 heteroatoms. The molecule has 0 saturated carbocycles. The van der Waals surface area contributed by atoms with Crippen LogP contribution >= 0.6 is 27.3 Å². The van der Waals surface area contributed by atoms with Gasteiger partial charge < -0.3 is 10.1 Å². The van der Waals surface area contributed by atoms with Gasteiger partial charge in [-0.1, -0.05) is 46.0 Å². The van der Waals surface area contributed by atoms with Gasteiger partial charge >= 0.3 is 5.97 Å². The monoisotopic (exact) mass is 464 g/mol. The van der Waals surface area contributed by atoms with Crippen molar-refractivity contribution in [1.29, 1.82) is 0 Å². The number of aryl methyl sites for hydroxylation is 1. The number of methoxy groups -OCH3 is 1. The molecule has 0 unspecified atom stereocenters. The van der Waals surface area contributed by atoms with E-state index in [-0.39, 0.29) is 22.1 Å². The van der Waals surface area contributed by atoms with E-state index < -0.39 is 17.6 Å². The molecule has 1 N–H and O–H groups in total. The van der Waals surface area contributed by atoms with E-state index >= 15 is 0 Å². The zero-order valence-corrected chi connectivity index (χ0v) is 17.4. The highest BCUT2D eigenvalue weighted by Gasteiger charge is 2.23. The molecule has 1 aromatic heterocycles. The molecule has 0 saturated heterocycles. The molecule has 0 amide bonds. The molecular weight excluding hydrogens is 450 g/mol. The Balaban J connectivity index is 2.04. The number of hydrogen-bond acceptors (Lipinski definition) is 5. The summed E-state index contributed by atoms with van der Waals surface area (Å²) < 4.78 is 33.7. The van der Waals surface area contributed by atoms with E-state index in [4.69, 9.17) is 4.74 Å². The molecule has 4 nitrogen and oxygen atoms in total. The van der Waals surface area contributed by atoms with Crippen molar-refractivity contribution >= 4 is 44.1 Å². The molecule has 0 atom stereocenters. The third-order valence-corrected chi connectivity index (χ3v) is 5.47. The minimum Gasteiger partial charge on any atom is -0.464 e. The third-order valence-electron chi connectivity index (χ3n) is 3.97. The Bertz CT molecular complexity index is 1060. The fourth-order valence-corrected chi connectivity index (χ4v) is 4.03. The van der Waals surface area contributed by atoms with E-state index in [0.29, 0.717) is 4.88 Å². The molecule has 0 aliphatic carbocycles. The first-order chi connectivity index (χ1) is 13.3. The molecule has 144 valence electrons. The van der Waals surface area contributed by atoms with Crippen LogP contribution in [0.5, 0.6) is 0 Å². The average Bonchev–Trinajstić information content (AvgIpc) is 3.06. The van der Waals surface area contributed by atoms with Crippen molar-refractivity contribution in [2.45, 2.75) is 6.92 Å². The number of ether oxygens (including phenoxy) is 1. The lowest BCUT2D eigenvalue weighted by Gasteiger charge is -2.09. The van der Waals surface area contributed by atoms with E-state index in [9.17, 15) is 13.6 Å². The van der Waals surface area contributed by atoms with Crippen molar-refractivity contribution in [2.75, 3.05) is 12.4 Å². The molecule has 0 bridgehead atoms. The van der Waals surface area contributed by atoms with Gasteiger partial charge in [0.05, 0.1) is 17.6 Å². The van der Waals surface area contributed by atoms with Crippen LogP contribution in [0.1, 0.15) is 21.6 Å². The highest BCUT2D eigenvalue weighted by atomic mass is 79.9. The largest absolute Gasteiger partial charge is 0.464 e. The minimum atomic E-state index is -0.745. The van der Waals surface area contributed by atoms with Crippen LogP contribution in [0.4, 0.5) is 13.9 Å². The molecule has 0 spiro atoms. The van der Waals surface area contributed by atoms with Gasteiger partial charge in [-0.25, -0.2) is 18.6 Å². The summed E-state index contributed by atoms with van der Waals surface area (Å²) in [5.41, 5.74) is 1.55. The number of halogens is 3. The van der Waals surface area contributed by atoms with Gasteiger partial charge in [-0.2, -0.15) is 0 Å². The summed E-state index contributed by atoms with van der Waals surface area (Å²) in [6.07, 6.45) is 0. The number of benzene rings is 2. The number of hydrogen-bond donors (Lipinski definition) is 1. The van der Waals surface area contributed by atoms with Crippen LogP contribution in [-0.4, -0.2) is 18.1 Å². The van der Waals surface area contributed by atoms with Gasteiger partial charge in [-0.05, 0) is 42.3 Å². The molecule has 2 aromatic carbocycles. The topological polar surface area (TPSA) is 51.2 Å². The average molecular weight is 465 g/mol. The number of anilines is 1. The maximum Gasteiger partial charge on any atom is 0.358 e. The van der Waals surface area contributed by atoms with Crippen molar-refractivity contribution in [1.82, 2.24) is 4.98 Å². The Hall–Kier alpha value is -2.58. The van der Waals surface area contributed by atoms with Gasteiger partial charge in [-0.15, -0.1) is 0 Å². The Morgan fingerprint density at radius 1 is 1.25 bits per heavy atom. The van der Waals surface area contributed by atoms with Crippen molar-refractivity contribution in [3.05, 3.63) is 75.9 Å². The maximum atomic E-state index is 14.0. The van der Waals surface area contributed by atoms with Gasteiger partial charge in [0.15, 0.2) is 10.8 Å². The van der Waals surface area contributed by atoms with E-state index in [0.717, 1.165) is 39.1 Å². The van der Waals surface area contributed by atoms with Gasteiger partial charge in [0, 0.05) is 10.2 Å². The molecule has 3 aromatic rings. The zero-order valence-electron chi connectivity index (χ0n) is 15.0. The predicted molar refractivity (Wildman–Crippen MR) is 110 cm³/mol. The molecule has 1 heterocycles. The van der Waals surface area contributed by atoms with E-state index in [1.807, 2.05) is 25.1 Å². The number of aromatic nitrogens is 1. The summed E-state index contributed by atoms with van der Waals surface area (Å²) in [5, 5.41) is 3.06. The molecule has 0 radical (unpaired) electrons. The summed E-state index contributed by atoms with van der Waals surface area (Å²) in [7, 11) is 1.26. The highest BCUT2D eigenvalue weighted by molar-refractivity contribution is 9.10. The number of esters is 1. The number of carbonyl (C=O) groups is 1. The summed E-state index contributed by atoms with van der Waals surface area (Å²) >= 11 is 4.59. The number of nitrogens with one attached hydrogen (secondary N) is 1. The first-order valence-electron chi connectivity index (χ1n) is 8.07. The number of carbonyl (C=O) groups excluding carboxylic acids is 1. The fraction of sp³-hybridized carbons (Fsp3) is 0.100. The minimum absolute atomic E-state index is 0.00159. The van der Waals surface area contributed by atoms with Crippen LogP contribution in [0.3, 0.4) is 0 Å². The second kappa shape index (κ2) is 8.20. The summed E-state index contributed by atoms with van der Waals surface area (Å²) in [6.45, 7) is 5.61. The molecular formula is C20H15BrF2N2O2S. The normalized spacial score (nSPS) is 10.6. The van der Waals surface area contributed by atoms with Gasteiger partial charge in [0.1, 0.15) is 11.6 Å². The standard InChI is InChI=1S/C20H15BrF2N2O2S/c1-10-7-8-12(21)9-13(10)18-17(19(26)27-3)25-20(28-18)24-11(2)16-14(22)5-4-6-15(16)23/h4-9H,2H2,1,3H3,(H,24,25). The first-order valence-corrected chi connectivity index (χ1v) is 9.68. The quantitative estimate of drug-likeness (QED) is 0.468. The smallest absolute Gasteiger partial charge is 0.358 e. The highest BCUT2D eigenvalue weighted by Crippen LogP contribution is 2.38. The lowest BCUT2D eigenvalue weighted by molar-refractivity contribution is 0.0596. The molecule has 3 rings (SSSR count). The molecule has 0 aliphatic heterocycles. The molecule has 0 aliphatic rings. The Labute approximate surface area is 173 Å². The van der Waals surface area contributed by atoms with Crippen molar-refractivity contribution in [3.63, 3.8) is 0 Å². The Morgan fingerprint density at radius 3 is 2.57 bits per heavy atom. The van der Waals surface area contributed by atoms with Gasteiger partial charge in [0.25, 0.3) is 0 Å². The van der Waals surface area contributed by atoms with Gasteiger partial charge in [-0.3, -0.25) is 0 Å². The van der Waals surface area contributed by atoms with Crippen LogP contribution in [0.15, 0.2) is 47.4 Å². The van der Waals surface area contributed by atoms with Crippen LogP contribution in [0, 0.1) is 18.6 Å². The second-order valence-electron chi connectivity index (χ2n) is 5.85.